The molecular weight excluding hydrogens is 482 g/mol. The number of hydrogen-bond acceptors (Lipinski definition) is 7. The van der Waals surface area contributed by atoms with Crippen LogP contribution < -0.4 is 14.8 Å². The maximum Gasteiger partial charge on any atom is 0.304 e. The Morgan fingerprint density at radius 3 is 2.79 bits per heavy atom. The summed E-state index contributed by atoms with van der Waals surface area (Å²) in [5.74, 6) is 1.23. The number of aryl methyl sites for hydroxylation is 2. The lowest BCUT2D eigenvalue weighted by Gasteiger charge is -2.27. The quantitative estimate of drug-likeness (QED) is 0.477. The Bertz CT molecular complexity index is 1250. The van der Waals surface area contributed by atoms with Gasteiger partial charge in [-0.15, -0.1) is 0 Å². The van der Waals surface area contributed by atoms with Gasteiger partial charge >= 0.3 is 5.97 Å². The number of fused-ring (bicyclic) bond motifs is 1. The van der Waals surface area contributed by atoms with E-state index in [-0.39, 0.29) is 12.3 Å². The number of aromatic nitrogens is 1. The van der Waals surface area contributed by atoms with E-state index in [9.17, 15) is 4.79 Å². The molecule has 2 N–H and O–H groups in total. The van der Waals surface area contributed by atoms with Crippen LogP contribution in [0.2, 0.25) is 0 Å². The number of pyridine rings is 1. The summed E-state index contributed by atoms with van der Waals surface area (Å²) in [6, 6.07) is 9.93. The fourth-order valence-electron chi connectivity index (χ4n) is 5.27. The number of aliphatic carboxylic acids is 1. The first kappa shape index (κ1) is 26.0. The second-order valence-corrected chi connectivity index (χ2v) is 10.0. The summed E-state index contributed by atoms with van der Waals surface area (Å²) >= 11 is 0. The molecular formula is C30H35N3O5. The lowest BCUT2D eigenvalue weighted by molar-refractivity contribution is -0.137. The van der Waals surface area contributed by atoms with Crippen molar-refractivity contribution in [3.63, 3.8) is 0 Å². The van der Waals surface area contributed by atoms with E-state index in [2.05, 4.69) is 36.2 Å². The fraction of sp³-hybridized carbons (Fsp3) is 0.400. The number of benzene rings is 1. The highest BCUT2D eigenvalue weighted by molar-refractivity contribution is 5.69. The molecule has 1 aromatic heterocycles. The third-order valence-electron chi connectivity index (χ3n) is 7.16. The van der Waals surface area contributed by atoms with Crippen molar-refractivity contribution in [1.82, 2.24) is 15.2 Å². The molecule has 2 fully saturated rings. The predicted molar refractivity (Wildman–Crippen MR) is 145 cm³/mol. The Morgan fingerprint density at radius 2 is 2.03 bits per heavy atom. The Balaban J connectivity index is 1.23. The smallest absolute Gasteiger partial charge is 0.304 e. The normalized spacial score (nSPS) is 20.4. The number of nitrogens with one attached hydrogen (secondary N) is 1. The first-order valence-corrected chi connectivity index (χ1v) is 13.2. The van der Waals surface area contributed by atoms with Crippen molar-refractivity contribution in [3.05, 3.63) is 76.8 Å². The Kier molecular flexibility index (Phi) is 8.10. The molecule has 0 spiro atoms. The van der Waals surface area contributed by atoms with Gasteiger partial charge in [-0.2, -0.15) is 0 Å². The number of rotatable bonds is 9. The van der Waals surface area contributed by atoms with Crippen LogP contribution >= 0.6 is 0 Å². The van der Waals surface area contributed by atoms with Crippen molar-refractivity contribution >= 4 is 5.97 Å². The summed E-state index contributed by atoms with van der Waals surface area (Å²) in [5, 5.41) is 12.5. The van der Waals surface area contributed by atoms with Gasteiger partial charge in [-0.1, -0.05) is 12.1 Å². The molecule has 3 heterocycles. The Morgan fingerprint density at radius 1 is 1.24 bits per heavy atom. The van der Waals surface area contributed by atoms with Crippen molar-refractivity contribution in [2.45, 2.75) is 26.7 Å². The van der Waals surface area contributed by atoms with Crippen LogP contribution in [-0.2, 0) is 9.53 Å². The molecule has 3 aliphatic rings. The molecule has 0 saturated carbocycles. The third-order valence-corrected chi connectivity index (χ3v) is 7.16. The SMILES string of the molecule is Cc1cc(OCCN2CCNCC2)cc(C)c1-c1cccc(OC=C2C=C3OCC(CC(=O)O)C3=CC2)n1. The van der Waals surface area contributed by atoms with Crippen molar-refractivity contribution in [1.29, 1.82) is 0 Å². The first-order valence-electron chi connectivity index (χ1n) is 13.2. The summed E-state index contributed by atoms with van der Waals surface area (Å²) < 4.78 is 17.7. The van der Waals surface area contributed by atoms with E-state index < -0.39 is 5.97 Å². The predicted octanol–water partition coefficient (Wildman–Crippen LogP) is 4.25. The number of nitrogens with zero attached hydrogens (tertiary/aromatic N) is 2. The Labute approximate surface area is 223 Å². The first-order chi connectivity index (χ1) is 18.5. The van der Waals surface area contributed by atoms with Gasteiger partial charge in [0, 0.05) is 50.3 Å². The molecule has 5 rings (SSSR count). The molecule has 0 amide bonds. The van der Waals surface area contributed by atoms with Crippen LogP contribution in [0.15, 0.2) is 65.7 Å². The zero-order valence-corrected chi connectivity index (χ0v) is 22.0. The van der Waals surface area contributed by atoms with E-state index in [0.717, 1.165) is 77.8 Å². The molecule has 8 heteroatoms. The summed E-state index contributed by atoms with van der Waals surface area (Å²) in [6.07, 6.45) is 6.39. The summed E-state index contributed by atoms with van der Waals surface area (Å²) in [5.41, 5.74) is 6.06. The number of carboxylic acid groups (broad SMARTS) is 1. The number of carboxylic acids is 1. The number of piperazine rings is 1. The van der Waals surface area contributed by atoms with E-state index in [1.807, 2.05) is 30.4 Å². The number of allylic oxidation sites excluding steroid dienone is 4. The highest BCUT2D eigenvalue weighted by atomic mass is 16.5. The lowest BCUT2D eigenvalue weighted by atomic mass is 9.92. The summed E-state index contributed by atoms with van der Waals surface area (Å²) in [6.45, 7) is 10.4. The minimum Gasteiger partial charge on any atom is -0.493 e. The monoisotopic (exact) mass is 517 g/mol. The maximum absolute atomic E-state index is 11.1. The molecule has 0 radical (unpaired) electrons. The zero-order valence-electron chi connectivity index (χ0n) is 22.0. The lowest BCUT2D eigenvalue weighted by Crippen LogP contribution is -2.44. The molecule has 2 saturated heterocycles. The van der Waals surface area contributed by atoms with Gasteiger partial charge in [-0.05, 0) is 66.8 Å². The van der Waals surface area contributed by atoms with Gasteiger partial charge < -0.3 is 24.6 Å². The molecule has 38 heavy (non-hydrogen) atoms. The van der Waals surface area contributed by atoms with Crippen molar-refractivity contribution < 1.29 is 24.1 Å². The van der Waals surface area contributed by atoms with E-state index >= 15 is 0 Å². The van der Waals surface area contributed by atoms with Gasteiger partial charge in [0.1, 0.15) is 18.1 Å². The van der Waals surface area contributed by atoms with Gasteiger partial charge in [-0.3, -0.25) is 9.69 Å². The van der Waals surface area contributed by atoms with Gasteiger partial charge in [0.25, 0.3) is 0 Å². The van der Waals surface area contributed by atoms with Crippen LogP contribution in [0.4, 0.5) is 0 Å². The number of ether oxygens (including phenoxy) is 3. The van der Waals surface area contributed by atoms with Gasteiger partial charge in [0.15, 0.2) is 0 Å². The van der Waals surface area contributed by atoms with Crippen LogP contribution in [0.3, 0.4) is 0 Å². The van der Waals surface area contributed by atoms with Gasteiger partial charge in [0.05, 0.1) is 25.0 Å². The maximum atomic E-state index is 11.1. The standard InChI is InChI=1S/C30H35N3O5/c1-20-14-24(36-13-12-33-10-8-31-9-11-33)15-21(2)30(20)26-4-3-5-28(32-26)38-18-22-6-7-25-23(17-29(34)35)19-37-27(25)16-22/h3-5,7,14-16,18,23,31H,6,8-13,17,19H2,1-2H3,(H,34,35). The van der Waals surface area contributed by atoms with E-state index in [0.29, 0.717) is 25.5 Å². The molecule has 1 unspecified atom stereocenters. The third kappa shape index (κ3) is 6.26. The van der Waals surface area contributed by atoms with Crippen LogP contribution in [0, 0.1) is 19.8 Å². The average molecular weight is 518 g/mol. The van der Waals surface area contributed by atoms with E-state index in [4.69, 9.17) is 24.3 Å². The molecule has 0 bridgehead atoms. The largest absolute Gasteiger partial charge is 0.493 e. The molecule has 2 aromatic rings. The van der Waals surface area contributed by atoms with Gasteiger partial charge in [-0.25, -0.2) is 4.98 Å². The molecule has 2 aliphatic heterocycles. The molecule has 1 atom stereocenters. The molecule has 200 valence electrons. The second-order valence-electron chi connectivity index (χ2n) is 10.0. The highest BCUT2D eigenvalue weighted by Gasteiger charge is 2.30. The van der Waals surface area contributed by atoms with Crippen LogP contribution in [0.5, 0.6) is 11.6 Å². The molecule has 8 nitrogen and oxygen atoms in total. The van der Waals surface area contributed by atoms with Crippen molar-refractivity contribution in [2.75, 3.05) is 45.9 Å². The topological polar surface area (TPSA) is 93.2 Å². The second kappa shape index (κ2) is 11.8. The van der Waals surface area contributed by atoms with Crippen LogP contribution in [0.1, 0.15) is 24.0 Å². The number of carbonyl (C=O) groups is 1. The minimum absolute atomic E-state index is 0.0812. The summed E-state index contributed by atoms with van der Waals surface area (Å²) in [7, 11) is 0. The summed E-state index contributed by atoms with van der Waals surface area (Å²) in [4.78, 5) is 18.3. The number of hydrogen-bond donors (Lipinski definition) is 2. The van der Waals surface area contributed by atoms with Crippen molar-refractivity contribution in [3.8, 4) is 22.9 Å². The van der Waals surface area contributed by atoms with Crippen molar-refractivity contribution in [2.24, 2.45) is 5.92 Å². The molecule has 1 aliphatic carbocycles. The van der Waals surface area contributed by atoms with Crippen LogP contribution in [0.25, 0.3) is 11.3 Å². The minimum atomic E-state index is -0.810. The molecule has 1 aromatic carbocycles. The highest BCUT2D eigenvalue weighted by Crippen LogP contribution is 2.37. The Hall–Kier alpha value is -3.62. The van der Waals surface area contributed by atoms with E-state index in [1.54, 1.807) is 6.26 Å². The fourth-order valence-corrected chi connectivity index (χ4v) is 5.27. The van der Waals surface area contributed by atoms with Crippen LogP contribution in [-0.4, -0.2) is 66.9 Å². The average Bonchev–Trinajstić information content (AvgIpc) is 3.29. The van der Waals surface area contributed by atoms with Gasteiger partial charge in [0.2, 0.25) is 5.88 Å². The zero-order chi connectivity index (χ0) is 26.5. The van der Waals surface area contributed by atoms with E-state index in [1.165, 1.54) is 0 Å².